The van der Waals surface area contributed by atoms with E-state index in [0.717, 1.165) is 69.9 Å². The number of halogens is 1. The Morgan fingerprint density at radius 2 is 2.02 bits per heavy atom. The van der Waals surface area contributed by atoms with Gasteiger partial charge in [0, 0.05) is 46.7 Å². The Morgan fingerprint density at radius 3 is 2.76 bits per heavy atom. The number of hydrogen-bond donors (Lipinski definition) is 1. The van der Waals surface area contributed by atoms with Gasteiger partial charge in [-0.3, -0.25) is 15.0 Å². The topological polar surface area (TPSA) is 103 Å². The van der Waals surface area contributed by atoms with Gasteiger partial charge in [-0.05, 0) is 111 Å². The smallest absolute Gasteiger partial charge is 0.410 e. The van der Waals surface area contributed by atoms with E-state index in [0.29, 0.717) is 24.5 Å². The minimum Gasteiger partial charge on any atom is -0.444 e. The van der Waals surface area contributed by atoms with E-state index in [1.54, 1.807) is 0 Å². The molecular weight excluding hydrogens is 582 g/mol. The highest BCUT2D eigenvalue weighted by Gasteiger charge is 2.35. The Hall–Kier alpha value is -3.30. The van der Waals surface area contributed by atoms with Crippen molar-refractivity contribution in [1.29, 1.82) is 0 Å². The first-order valence-electron chi connectivity index (χ1n) is 14.3. The molecule has 5 rings (SSSR count). The van der Waals surface area contributed by atoms with Crippen LogP contribution in [0.4, 0.5) is 4.79 Å². The molecule has 8 nitrogen and oxygen atoms in total. The van der Waals surface area contributed by atoms with E-state index in [4.69, 9.17) is 20.2 Å². The van der Waals surface area contributed by atoms with Crippen molar-refractivity contribution in [3.8, 4) is 0 Å². The third-order valence-electron chi connectivity index (χ3n) is 7.37. The first kappa shape index (κ1) is 29.2. The van der Waals surface area contributed by atoms with Gasteiger partial charge in [0.15, 0.2) is 0 Å². The standard InChI is InChI=1S/C32H38BrN5O3/c1-20-9-7-10-26(37-20)30(34)23(18-36-28-12-5-6-16-40-28)21-13-14-25-22(17-21)29(24(33)19-35-25)27-11-8-15-38(27)31(39)41-32(2,3)4/h7,9-10,13-14,17-19,27-28H,5-6,8,11-12,15-16,34H2,1-4H3/b30-23+,36-18+. The minimum absolute atomic E-state index is 0.146. The molecule has 0 bridgehead atoms. The first-order chi connectivity index (χ1) is 19.6. The fourth-order valence-corrected chi connectivity index (χ4v) is 6.01. The maximum absolute atomic E-state index is 13.2. The number of allylic oxidation sites excluding steroid dienone is 1. The number of aryl methyl sites for hydroxylation is 1. The van der Waals surface area contributed by atoms with Crippen LogP contribution in [0.25, 0.3) is 22.2 Å². The summed E-state index contributed by atoms with van der Waals surface area (Å²) in [5.74, 6) is 0. The van der Waals surface area contributed by atoms with Gasteiger partial charge in [0.25, 0.3) is 0 Å². The average Bonchev–Trinajstić information content (AvgIpc) is 3.42. The maximum Gasteiger partial charge on any atom is 0.410 e. The summed E-state index contributed by atoms with van der Waals surface area (Å²) in [4.78, 5) is 29.2. The number of carbonyl (C=O) groups excluding carboxylic acids is 1. The molecule has 0 spiro atoms. The monoisotopic (exact) mass is 619 g/mol. The molecule has 2 aromatic heterocycles. The predicted molar refractivity (Wildman–Crippen MR) is 166 cm³/mol. The minimum atomic E-state index is -0.572. The zero-order valence-electron chi connectivity index (χ0n) is 24.2. The van der Waals surface area contributed by atoms with Crippen molar-refractivity contribution >= 4 is 50.4 Å². The Balaban J connectivity index is 1.62. The number of likely N-dealkylation sites (tertiary alicyclic amines) is 1. The highest BCUT2D eigenvalue weighted by molar-refractivity contribution is 9.10. The number of aliphatic imine (C=N–C) groups is 1. The first-order valence-corrected chi connectivity index (χ1v) is 15.1. The van der Waals surface area contributed by atoms with Crippen molar-refractivity contribution in [2.75, 3.05) is 13.2 Å². The molecule has 9 heteroatoms. The summed E-state index contributed by atoms with van der Waals surface area (Å²) in [6.45, 7) is 8.97. The number of nitrogens with two attached hydrogens (primary N) is 1. The van der Waals surface area contributed by atoms with Crippen LogP contribution in [0, 0.1) is 6.92 Å². The van der Waals surface area contributed by atoms with Crippen molar-refractivity contribution in [2.45, 2.75) is 77.7 Å². The van der Waals surface area contributed by atoms with Crippen LogP contribution in [0.2, 0.25) is 0 Å². The second-order valence-corrected chi connectivity index (χ2v) is 12.5. The Morgan fingerprint density at radius 1 is 1.20 bits per heavy atom. The molecule has 0 aliphatic carbocycles. The van der Waals surface area contributed by atoms with E-state index < -0.39 is 5.60 Å². The molecule has 2 aliphatic rings. The van der Waals surface area contributed by atoms with Crippen molar-refractivity contribution in [2.24, 2.45) is 10.7 Å². The SMILES string of the molecule is Cc1cccc(/C(N)=C(/C=N/C2CCCCO2)c2ccc3ncc(Br)c(C4CCCN4C(=O)OC(C)(C)C)c3c2)n1. The zero-order chi connectivity index (χ0) is 29.1. The normalized spacial score (nSPS) is 20.5. The van der Waals surface area contributed by atoms with Gasteiger partial charge in [-0.1, -0.05) is 12.1 Å². The lowest BCUT2D eigenvalue weighted by atomic mass is 9.95. The van der Waals surface area contributed by atoms with Gasteiger partial charge in [-0.25, -0.2) is 4.79 Å². The second-order valence-electron chi connectivity index (χ2n) is 11.7. The Bertz CT molecular complexity index is 1490. The maximum atomic E-state index is 13.2. The summed E-state index contributed by atoms with van der Waals surface area (Å²) >= 11 is 3.75. The number of ether oxygens (including phenoxy) is 2. The summed E-state index contributed by atoms with van der Waals surface area (Å²) < 4.78 is 12.5. The molecule has 1 aromatic carbocycles. The van der Waals surface area contributed by atoms with Gasteiger partial charge in [-0.2, -0.15) is 0 Å². The van der Waals surface area contributed by atoms with Gasteiger partial charge >= 0.3 is 6.09 Å². The molecule has 2 unspecified atom stereocenters. The number of carbonyl (C=O) groups is 1. The molecular formula is C32H38BrN5O3. The van der Waals surface area contributed by atoms with Gasteiger partial charge in [0.05, 0.1) is 22.9 Å². The number of benzene rings is 1. The molecule has 1 amide bonds. The van der Waals surface area contributed by atoms with Crippen LogP contribution in [0.15, 0.2) is 52.1 Å². The lowest BCUT2D eigenvalue weighted by molar-refractivity contribution is 0.0222. The zero-order valence-corrected chi connectivity index (χ0v) is 25.8. The highest BCUT2D eigenvalue weighted by atomic mass is 79.9. The van der Waals surface area contributed by atoms with Crippen molar-refractivity contribution in [3.63, 3.8) is 0 Å². The number of hydrogen-bond acceptors (Lipinski definition) is 7. The fourth-order valence-electron chi connectivity index (χ4n) is 5.43. The Kier molecular flexibility index (Phi) is 8.75. The lowest BCUT2D eigenvalue weighted by Crippen LogP contribution is -2.36. The van der Waals surface area contributed by atoms with E-state index in [2.05, 4.69) is 32.0 Å². The van der Waals surface area contributed by atoms with Gasteiger partial charge < -0.3 is 20.1 Å². The second kappa shape index (κ2) is 12.3. The number of rotatable bonds is 5. The largest absolute Gasteiger partial charge is 0.444 e. The average molecular weight is 621 g/mol. The number of fused-ring (bicyclic) bond motifs is 1. The van der Waals surface area contributed by atoms with E-state index in [-0.39, 0.29) is 18.4 Å². The number of aromatic nitrogens is 2. The lowest BCUT2D eigenvalue weighted by Gasteiger charge is -2.30. The molecule has 4 heterocycles. The summed E-state index contributed by atoms with van der Waals surface area (Å²) in [5, 5.41) is 0.946. The number of pyridine rings is 2. The predicted octanol–water partition coefficient (Wildman–Crippen LogP) is 7.20. The van der Waals surface area contributed by atoms with E-state index in [9.17, 15) is 4.79 Å². The van der Waals surface area contributed by atoms with E-state index in [1.807, 2.05) is 75.3 Å². The van der Waals surface area contributed by atoms with Crippen molar-refractivity contribution in [3.05, 3.63) is 69.6 Å². The summed E-state index contributed by atoms with van der Waals surface area (Å²) in [6.07, 6.45) is 7.90. The molecule has 216 valence electrons. The van der Waals surface area contributed by atoms with Crippen LogP contribution < -0.4 is 5.73 Å². The molecule has 41 heavy (non-hydrogen) atoms. The number of nitrogens with zero attached hydrogens (tertiary/aromatic N) is 4. The highest BCUT2D eigenvalue weighted by Crippen LogP contribution is 2.41. The third kappa shape index (κ3) is 6.79. The molecule has 3 aromatic rings. The molecule has 0 saturated carbocycles. The van der Waals surface area contributed by atoms with Gasteiger partial charge in [-0.15, -0.1) is 0 Å². The quantitative estimate of drug-likeness (QED) is 0.303. The molecule has 2 N–H and O–H groups in total. The molecule has 2 saturated heterocycles. The Labute approximate surface area is 250 Å². The summed E-state index contributed by atoms with van der Waals surface area (Å²) in [5.41, 5.74) is 11.8. The van der Waals surface area contributed by atoms with Crippen LogP contribution in [0.5, 0.6) is 0 Å². The van der Waals surface area contributed by atoms with Crippen molar-refractivity contribution in [1.82, 2.24) is 14.9 Å². The van der Waals surface area contributed by atoms with Gasteiger partial charge in [0.2, 0.25) is 0 Å². The summed E-state index contributed by atoms with van der Waals surface area (Å²) in [6, 6.07) is 11.8. The van der Waals surface area contributed by atoms with E-state index in [1.165, 1.54) is 0 Å². The van der Waals surface area contributed by atoms with Crippen LogP contribution in [0.1, 0.15) is 81.4 Å². The van der Waals surface area contributed by atoms with Crippen molar-refractivity contribution < 1.29 is 14.3 Å². The third-order valence-corrected chi connectivity index (χ3v) is 8.00. The summed E-state index contributed by atoms with van der Waals surface area (Å²) in [7, 11) is 0. The number of amides is 1. The van der Waals surface area contributed by atoms with Crippen LogP contribution in [0.3, 0.4) is 0 Å². The molecule has 0 radical (unpaired) electrons. The van der Waals surface area contributed by atoms with Crippen LogP contribution in [-0.2, 0) is 9.47 Å². The van der Waals surface area contributed by atoms with Gasteiger partial charge in [0.1, 0.15) is 11.8 Å². The molecule has 2 fully saturated rings. The van der Waals surface area contributed by atoms with Crippen LogP contribution >= 0.6 is 15.9 Å². The fraction of sp³-hybridized carbons (Fsp3) is 0.438. The molecule has 2 atom stereocenters. The molecule has 2 aliphatic heterocycles. The van der Waals surface area contributed by atoms with Crippen LogP contribution in [-0.4, -0.2) is 52.2 Å². The van der Waals surface area contributed by atoms with E-state index >= 15 is 0 Å².